The molecule has 0 saturated carbocycles. The van der Waals surface area contributed by atoms with Crippen LogP contribution in [0.5, 0.6) is 0 Å². The minimum atomic E-state index is -3.78. The summed E-state index contributed by atoms with van der Waals surface area (Å²) >= 11 is 0. The maximum atomic E-state index is 13.0. The van der Waals surface area contributed by atoms with E-state index < -0.39 is 15.8 Å². The molecule has 0 bridgehead atoms. The van der Waals surface area contributed by atoms with Gasteiger partial charge in [0.05, 0.1) is 11.4 Å². The molecule has 3 rings (SSSR count). The summed E-state index contributed by atoms with van der Waals surface area (Å²) in [5, 5.41) is 3.91. The topological polar surface area (TPSA) is 76.3 Å². The lowest BCUT2D eigenvalue weighted by Gasteiger charge is -2.14. The predicted molar refractivity (Wildman–Crippen MR) is 89.5 cm³/mol. The van der Waals surface area contributed by atoms with Crippen LogP contribution in [0.1, 0.15) is 11.5 Å². The molecule has 8 heteroatoms. The quantitative estimate of drug-likeness (QED) is 0.698. The van der Waals surface area contributed by atoms with Gasteiger partial charge in [-0.1, -0.05) is 29.4 Å². The maximum Gasteiger partial charge on any atom is 0.243 e. The summed E-state index contributed by atoms with van der Waals surface area (Å²) in [7, 11) is -2.38. The fraction of sp³-hybridized carbons (Fsp3) is 0.176. The third-order valence-electron chi connectivity index (χ3n) is 3.73. The van der Waals surface area contributed by atoms with E-state index in [2.05, 4.69) is 10.1 Å². The maximum absolute atomic E-state index is 13.0. The Kier molecular flexibility index (Phi) is 4.65. The first-order chi connectivity index (χ1) is 11.9. The molecule has 0 atom stereocenters. The van der Waals surface area contributed by atoms with Gasteiger partial charge >= 0.3 is 0 Å². The third kappa shape index (κ3) is 3.59. The van der Waals surface area contributed by atoms with Crippen molar-refractivity contribution in [2.24, 2.45) is 0 Å². The number of benzene rings is 2. The first-order valence-corrected chi connectivity index (χ1v) is 8.92. The molecular formula is C17H16FN3O3S. The van der Waals surface area contributed by atoms with Crippen LogP contribution in [0.2, 0.25) is 0 Å². The molecular weight excluding hydrogens is 345 g/mol. The van der Waals surface area contributed by atoms with Crippen molar-refractivity contribution in [3.8, 4) is 11.4 Å². The molecule has 0 aliphatic carbocycles. The van der Waals surface area contributed by atoms with Gasteiger partial charge in [0.25, 0.3) is 0 Å². The van der Waals surface area contributed by atoms with Gasteiger partial charge in [-0.25, -0.2) is 12.8 Å². The minimum absolute atomic E-state index is 0.00459. The Hall–Kier alpha value is -2.58. The molecule has 0 aliphatic rings. The summed E-state index contributed by atoms with van der Waals surface area (Å²) in [4.78, 5) is 4.25. The highest BCUT2D eigenvalue weighted by Gasteiger charge is 2.23. The number of aromatic nitrogens is 2. The highest BCUT2D eigenvalue weighted by Crippen LogP contribution is 2.21. The average Bonchev–Trinajstić information content (AvgIpc) is 3.04. The second-order valence-corrected chi connectivity index (χ2v) is 7.59. The molecule has 0 saturated heterocycles. The Balaban J connectivity index is 1.81. The Bertz CT molecular complexity index is 984. The standard InChI is InChI=1S/C17H16FN3O3S/c1-12-5-3-4-6-15(12)17-19-16(24-20-17)11-21(2)25(22,23)14-9-7-13(18)8-10-14/h3-10H,11H2,1-2H3. The predicted octanol–water partition coefficient (Wildman–Crippen LogP) is 3.00. The molecule has 2 aromatic carbocycles. The molecule has 0 spiro atoms. The zero-order valence-electron chi connectivity index (χ0n) is 13.7. The molecule has 6 nitrogen and oxygen atoms in total. The van der Waals surface area contributed by atoms with Crippen LogP contribution < -0.4 is 0 Å². The first kappa shape index (κ1) is 17.2. The molecule has 0 radical (unpaired) electrons. The van der Waals surface area contributed by atoms with Crippen molar-refractivity contribution in [2.45, 2.75) is 18.4 Å². The third-order valence-corrected chi connectivity index (χ3v) is 5.55. The van der Waals surface area contributed by atoms with Gasteiger partial charge in [0.1, 0.15) is 5.82 Å². The lowest BCUT2D eigenvalue weighted by Crippen LogP contribution is -2.26. The largest absolute Gasteiger partial charge is 0.338 e. The number of hydrogen-bond acceptors (Lipinski definition) is 5. The molecule has 3 aromatic rings. The number of sulfonamides is 1. The number of rotatable bonds is 5. The van der Waals surface area contributed by atoms with Crippen molar-refractivity contribution in [1.82, 2.24) is 14.4 Å². The summed E-state index contributed by atoms with van der Waals surface area (Å²) in [5.41, 5.74) is 1.81. The van der Waals surface area contributed by atoms with Crippen molar-refractivity contribution >= 4 is 10.0 Å². The number of nitrogens with zero attached hydrogens (tertiary/aromatic N) is 3. The normalized spacial score (nSPS) is 11.8. The monoisotopic (exact) mass is 361 g/mol. The van der Waals surface area contributed by atoms with Gasteiger partial charge in [0, 0.05) is 12.6 Å². The summed E-state index contributed by atoms with van der Waals surface area (Å²) in [6.45, 7) is 1.84. The molecule has 1 heterocycles. The SMILES string of the molecule is Cc1ccccc1-c1noc(CN(C)S(=O)(=O)c2ccc(F)cc2)n1. The lowest BCUT2D eigenvalue weighted by molar-refractivity contribution is 0.336. The van der Waals surface area contributed by atoms with Crippen LogP contribution >= 0.6 is 0 Å². The Labute approximate surface area is 145 Å². The van der Waals surface area contributed by atoms with Gasteiger partial charge in [0.2, 0.25) is 21.7 Å². The molecule has 0 aliphatic heterocycles. The van der Waals surface area contributed by atoms with Crippen LogP contribution in [0.3, 0.4) is 0 Å². The average molecular weight is 361 g/mol. The highest BCUT2D eigenvalue weighted by atomic mass is 32.2. The summed E-state index contributed by atoms with van der Waals surface area (Å²) in [5.74, 6) is 0.0773. The van der Waals surface area contributed by atoms with Crippen LogP contribution in [0, 0.1) is 12.7 Å². The summed E-state index contributed by atoms with van der Waals surface area (Å²) in [6.07, 6.45) is 0. The zero-order chi connectivity index (χ0) is 18.0. The number of halogens is 1. The van der Waals surface area contributed by atoms with Gasteiger partial charge in [-0.05, 0) is 36.8 Å². The minimum Gasteiger partial charge on any atom is -0.338 e. The van der Waals surface area contributed by atoms with Crippen molar-refractivity contribution in [3.63, 3.8) is 0 Å². The van der Waals surface area contributed by atoms with E-state index in [1.165, 1.54) is 19.2 Å². The number of aryl methyl sites for hydroxylation is 1. The van der Waals surface area contributed by atoms with Gasteiger partial charge in [-0.15, -0.1) is 0 Å². The van der Waals surface area contributed by atoms with E-state index in [1.54, 1.807) is 0 Å². The van der Waals surface area contributed by atoms with E-state index in [1.807, 2.05) is 31.2 Å². The molecule has 0 amide bonds. The van der Waals surface area contributed by atoms with Gasteiger partial charge in [-0.3, -0.25) is 0 Å². The van der Waals surface area contributed by atoms with Crippen LogP contribution in [0.15, 0.2) is 57.9 Å². The van der Waals surface area contributed by atoms with E-state index in [4.69, 9.17) is 4.52 Å². The lowest BCUT2D eigenvalue weighted by atomic mass is 10.1. The summed E-state index contributed by atoms with van der Waals surface area (Å²) < 4.78 is 44.2. The molecule has 130 valence electrons. The van der Waals surface area contributed by atoms with E-state index in [0.717, 1.165) is 27.6 Å². The Morgan fingerprint density at radius 1 is 1.12 bits per heavy atom. The van der Waals surface area contributed by atoms with Crippen LogP contribution in [0.25, 0.3) is 11.4 Å². The smallest absolute Gasteiger partial charge is 0.243 e. The first-order valence-electron chi connectivity index (χ1n) is 7.48. The second kappa shape index (κ2) is 6.73. The molecule has 0 unspecified atom stereocenters. The summed E-state index contributed by atoms with van der Waals surface area (Å²) in [6, 6.07) is 12.2. The van der Waals surface area contributed by atoms with Crippen LogP contribution in [0.4, 0.5) is 4.39 Å². The van der Waals surface area contributed by atoms with E-state index in [-0.39, 0.29) is 17.3 Å². The zero-order valence-corrected chi connectivity index (χ0v) is 14.5. The van der Waals surface area contributed by atoms with Gasteiger partial charge in [-0.2, -0.15) is 9.29 Å². The Morgan fingerprint density at radius 2 is 1.80 bits per heavy atom. The van der Waals surface area contributed by atoms with Gasteiger partial charge < -0.3 is 4.52 Å². The van der Waals surface area contributed by atoms with Gasteiger partial charge in [0.15, 0.2) is 0 Å². The molecule has 25 heavy (non-hydrogen) atoms. The van der Waals surface area contributed by atoms with Crippen molar-refractivity contribution in [1.29, 1.82) is 0 Å². The second-order valence-electron chi connectivity index (χ2n) is 5.54. The van der Waals surface area contributed by atoms with Crippen molar-refractivity contribution in [3.05, 3.63) is 65.8 Å². The van der Waals surface area contributed by atoms with Crippen molar-refractivity contribution < 1.29 is 17.3 Å². The van der Waals surface area contributed by atoms with Crippen molar-refractivity contribution in [2.75, 3.05) is 7.05 Å². The van der Waals surface area contributed by atoms with Crippen LogP contribution in [-0.2, 0) is 16.6 Å². The fourth-order valence-corrected chi connectivity index (χ4v) is 3.43. The van der Waals surface area contributed by atoms with E-state index in [9.17, 15) is 12.8 Å². The van der Waals surface area contributed by atoms with Crippen LogP contribution in [-0.4, -0.2) is 29.9 Å². The van der Waals surface area contributed by atoms with E-state index in [0.29, 0.717) is 5.82 Å². The Morgan fingerprint density at radius 3 is 2.48 bits per heavy atom. The molecule has 0 N–H and O–H groups in total. The molecule has 1 aromatic heterocycles. The van der Waals surface area contributed by atoms with E-state index >= 15 is 0 Å². The fourth-order valence-electron chi connectivity index (χ4n) is 2.31. The number of hydrogen-bond donors (Lipinski definition) is 0. The molecule has 0 fully saturated rings. The highest BCUT2D eigenvalue weighted by molar-refractivity contribution is 7.89.